The molecule has 0 aliphatic heterocycles. The SMILES string of the molecule is CCC(OCCc1scnc1C)C(N)=O. The van der Waals surface area contributed by atoms with Crippen LogP contribution in [0.3, 0.4) is 0 Å². The van der Waals surface area contributed by atoms with Gasteiger partial charge in [0.05, 0.1) is 17.8 Å². The fourth-order valence-corrected chi connectivity index (χ4v) is 2.02. The van der Waals surface area contributed by atoms with E-state index in [-0.39, 0.29) is 0 Å². The lowest BCUT2D eigenvalue weighted by Gasteiger charge is -2.11. The number of rotatable bonds is 6. The molecule has 0 aromatic carbocycles. The molecule has 1 aromatic rings. The highest BCUT2D eigenvalue weighted by Gasteiger charge is 2.13. The number of primary amides is 1. The van der Waals surface area contributed by atoms with Crippen LogP contribution in [0.5, 0.6) is 0 Å². The molecule has 0 aliphatic carbocycles. The van der Waals surface area contributed by atoms with Crippen molar-refractivity contribution in [3.8, 4) is 0 Å². The number of hydrogen-bond acceptors (Lipinski definition) is 4. The second-order valence-electron chi connectivity index (χ2n) is 3.28. The van der Waals surface area contributed by atoms with Crippen molar-refractivity contribution in [2.24, 2.45) is 5.73 Å². The van der Waals surface area contributed by atoms with Gasteiger partial charge in [-0.25, -0.2) is 4.98 Å². The number of ether oxygens (including phenoxy) is 1. The predicted molar refractivity (Wildman–Crippen MR) is 59.8 cm³/mol. The molecule has 0 bridgehead atoms. The zero-order chi connectivity index (χ0) is 11.3. The topological polar surface area (TPSA) is 65.2 Å². The maximum absolute atomic E-state index is 10.9. The molecule has 1 heterocycles. The second kappa shape index (κ2) is 5.82. The van der Waals surface area contributed by atoms with Crippen LogP contribution in [-0.2, 0) is 16.0 Å². The van der Waals surface area contributed by atoms with Crippen molar-refractivity contribution in [3.63, 3.8) is 0 Å². The first-order valence-corrected chi connectivity index (χ1v) is 5.83. The largest absolute Gasteiger partial charge is 0.368 e. The average molecular weight is 228 g/mol. The highest BCUT2D eigenvalue weighted by Crippen LogP contribution is 2.13. The maximum Gasteiger partial charge on any atom is 0.246 e. The number of aryl methyl sites for hydroxylation is 1. The summed E-state index contributed by atoms with van der Waals surface area (Å²) < 4.78 is 5.39. The third-order valence-electron chi connectivity index (χ3n) is 2.18. The Morgan fingerprint density at radius 1 is 1.73 bits per heavy atom. The van der Waals surface area contributed by atoms with Crippen molar-refractivity contribution in [2.45, 2.75) is 32.8 Å². The molecule has 0 spiro atoms. The molecule has 1 amide bonds. The van der Waals surface area contributed by atoms with E-state index < -0.39 is 12.0 Å². The molecule has 5 heteroatoms. The van der Waals surface area contributed by atoms with E-state index in [1.165, 1.54) is 4.88 Å². The fourth-order valence-electron chi connectivity index (χ4n) is 1.26. The number of thiazole rings is 1. The van der Waals surface area contributed by atoms with Gasteiger partial charge in [0.1, 0.15) is 6.10 Å². The van der Waals surface area contributed by atoms with Crippen LogP contribution in [0, 0.1) is 6.92 Å². The number of nitrogens with two attached hydrogens (primary N) is 1. The summed E-state index contributed by atoms with van der Waals surface area (Å²) in [7, 11) is 0. The molecule has 2 N–H and O–H groups in total. The van der Waals surface area contributed by atoms with E-state index in [4.69, 9.17) is 10.5 Å². The van der Waals surface area contributed by atoms with Crippen LogP contribution < -0.4 is 5.73 Å². The van der Waals surface area contributed by atoms with E-state index in [1.807, 2.05) is 19.4 Å². The predicted octanol–water partition coefficient (Wildman–Crippen LogP) is 1.27. The van der Waals surface area contributed by atoms with Gasteiger partial charge in [-0.05, 0) is 13.3 Å². The molecular weight excluding hydrogens is 212 g/mol. The van der Waals surface area contributed by atoms with Crippen LogP contribution in [-0.4, -0.2) is 23.6 Å². The van der Waals surface area contributed by atoms with Gasteiger partial charge in [-0.2, -0.15) is 0 Å². The standard InChI is InChI=1S/C10H16N2O2S/c1-3-8(10(11)13)14-5-4-9-7(2)12-6-15-9/h6,8H,3-5H2,1-2H3,(H2,11,13). The molecule has 0 aliphatic rings. The molecule has 0 fully saturated rings. The molecule has 1 aromatic heterocycles. The minimum Gasteiger partial charge on any atom is -0.368 e. The molecule has 0 radical (unpaired) electrons. The van der Waals surface area contributed by atoms with Crippen molar-refractivity contribution in [2.75, 3.05) is 6.61 Å². The Balaban J connectivity index is 2.33. The Kier molecular flexibility index (Phi) is 4.71. The summed E-state index contributed by atoms with van der Waals surface area (Å²) in [6, 6.07) is 0. The number of aromatic nitrogens is 1. The van der Waals surface area contributed by atoms with Crippen LogP contribution >= 0.6 is 11.3 Å². The van der Waals surface area contributed by atoms with E-state index in [0.717, 1.165) is 12.1 Å². The first-order valence-electron chi connectivity index (χ1n) is 4.95. The molecule has 15 heavy (non-hydrogen) atoms. The van der Waals surface area contributed by atoms with Crippen LogP contribution in [0.4, 0.5) is 0 Å². The number of amides is 1. The Bertz CT molecular complexity index is 325. The molecular formula is C10H16N2O2S. The minimum absolute atomic E-state index is 0.390. The number of carbonyl (C=O) groups is 1. The first-order chi connectivity index (χ1) is 7.15. The molecule has 1 atom stereocenters. The summed E-state index contributed by atoms with van der Waals surface area (Å²) in [6.07, 6.45) is 0.954. The van der Waals surface area contributed by atoms with Crippen molar-refractivity contribution >= 4 is 17.2 Å². The molecule has 1 unspecified atom stereocenters. The zero-order valence-corrected chi connectivity index (χ0v) is 9.84. The monoisotopic (exact) mass is 228 g/mol. The Morgan fingerprint density at radius 2 is 2.47 bits per heavy atom. The maximum atomic E-state index is 10.9. The van der Waals surface area contributed by atoms with Crippen molar-refractivity contribution in [1.29, 1.82) is 0 Å². The van der Waals surface area contributed by atoms with Gasteiger partial charge in [-0.3, -0.25) is 4.79 Å². The number of hydrogen-bond donors (Lipinski definition) is 1. The van der Waals surface area contributed by atoms with Gasteiger partial charge in [-0.15, -0.1) is 11.3 Å². The normalized spacial score (nSPS) is 12.7. The summed E-state index contributed by atoms with van der Waals surface area (Å²) in [5, 5.41) is 0. The third-order valence-corrected chi connectivity index (χ3v) is 3.18. The van der Waals surface area contributed by atoms with E-state index >= 15 is 0 Å². The smallest absolute Gasteiger partial charge is 0.246 e. The average Bonchev–Trinajstić information content (AvgIpc) is 2.58. The molecule has 84 valence electrons. The number of carbonyl (C=O) groups excluding carboxylic acids is 1. The van der Waals surface area contributed by atoms with E-state index in [0.29, 0.717) is 13.0 Å². The lowest BCUT2D eigenvalue weighted by Crippen LogP contribution is -2.31. The Morgan fingerprint density at radius 3 is 2.93 bits per heavy atom. The van der Waals surface area contributed by atoms with Crippen LogP contribution in [0.25, 0.3) is 0 Å². The lowest BCUT2D eigenvalue weighted by molar-refractivity contribution is -0.129. The summed E-state index contributed by atoms with van der Waals surface area (Å²) >= 11 is 1.61. The van der Waals surface area contributed by atoms with Crippen LogP contribution in [0.2, 0.25) is 0 Å². The van der Waals surface area contributed by atoms with Gasteiger partial charge in [0.25, 0.3) is 0 Å². The zero-order valence-electron chi connectivity index (χ0n) is 9.03. The van der Waals surface area contributed by atoms with Crippen LogP contribution in [0.15, 0.2) is 5.51 Å². The van der Waals surface area contributed by atoms with Crippen molar-refractivity contribution in [1.82, 2.24) is 4.98 Å². The molecule has 4 nitrogen and oxygen atoms in total. The van der Waals surface area contributed by atoms with Crippen LogP contribution in [0.1, 0.15) is 23.9 Å². The molecule has 1 rings (SSSR count). The van der Waals surface area contributed by atoms with Gasteiger partial charge in [0, 0.05) is 11.3 Å². The highest BCUT2D eigenvalue weighted by atomic mass is 32.1. The second-order valence-corrected chi connectivity index (χ2v) is 4.22. The summed E-state index contributed by atoms with van der Waals surface area (Å²) in [5.74, 6) is -0.390. The van der Waals surface area contributed by atoms with Gasteiger partial charge >= 0.3 is 0 Å². The van der Waals surface area contributed by atoms with Crippen molar-refractivity contribution in [3.05, 3.63) is 16.1 Å². The minimum atomic E-state index is -0.460. The first kappa shape index (κ1) is 12.1. The van der Waals surface area contributed by atoms with Gasteiger partial charge in [0.15, 0.2) is 0 Å². The van der Waals surface area contributed by atoms with Gasteiger partial charge in [-0.1, -0.05) is 6.92 Å². The van der Waals surface area contributed by atoms with E-state index in [2.05, 4.69) is 4.98 Å². The van der Waals surface area contributed by atoms with Crippen molar-refractivity contribution < 1.29 is 9.53 Å². The number of nitrogens with zero attached hydrogens (tertiary/aromatic N) is 1. The molecule has 0 saturated carbocycles. The Labute approximate surface area is 93.5 Å². The third kappa shape index (κ3) is 3.60. The summed E-state index contributed by atoms with van der Waals surface area (Å²) in [6.45, 7) is 4.37. The van der Waals surface area contributed by atoms with Gasteiger partial charge < -0.3 is 10.5 Å². The lowest BCUT2D eigenvalue weighted by atomic mass is 10.2. The van der Waals surface area contributed by atoms with Gasteiger partial charge in [0.2, 0.25) is 5.91 Å². The summed E-state index contributed by atoms with van der Waals surface area (Å²) in [4.78, 5) is 16.2. The fraction of sp³-hybridized carbons (Fsp3) is 0.600. The quantitative estimate of drug-likeness (QED) is 0.797. The van der Waals surface area contributed by atoms with E-state index in [9.17, 15) is 4.79 Å². The van der Waals surface area contributed by atoms with E-state index in [1.54, 1.807) is 11.3 Å². The molecule has 0 saturated heterocycles. The summed E-state index contributed by atoms with van der Waals surface area (Å²) in [5.41, 5.74) is 8.02. The highest BCUT2D eigenvalue weighted by molar-refractivity contribution is 7.09. The Hall–Kier alpha value is -0.940.